The van der Waals surface area contributed by atoms with Crippen LogP contribution in [-0.2, 0) is 16.1 Å². The van der Waals surface area contributed by atoms with Gasteiger partial charge in [-0.2, -0.15) is 5.26 Å². The first-order valence-corrected chi connectivity index (χ1v) is 10.1. The summed E-state index contributed by atoms with van der Waals surface area (Å²) in [6.07, 6.45) is 0. The highest BCUT2D eigenvalue weighted by molar-refractivity contribution is 5.88. The number of piperazine rings is 1. The molecule has 1 aliphatic rings. The van der Waals surface area contributed by atoms with Gasteiger partial charge in [0.15, 0.2) is 5.92 Å². The Balaban J connectivity index is 1.66. The molecule has 6 nitrogen and oxygen atoms in total. The molecule has 1 atom stereocenters. The molecule has 0 N–H and O–H groups in total. The maximum Gasteiger partial charge on any atom is 0.329 e. The number of para-hydroxylation sites is 1. The minimum absolute atomic E-state index is 0.134. The minimum atomic E-state index is -1.08. The van der Waals surface area contributed by atoms with Gasteiger partial charge in [-0.3, -0.25) is 4.79 Å². The second kappa shape index (κ2) is 8.93. The lowest BCUT2D eigenvalue weighted by molar-refractivity contribution is -0.145. The number of benzene rings is 2. The molecular weight excluding hydrogens is 376 g/mol. The molecule has 1 aromatic heterocycles. The molecule has 1 aliphatic heterocycles. The first-order valence-electron chi connectivity index (χ1n) is 10.1. The number of hydrogen-bond acceptors (Lipinski definition) is 6. The average Bonchev–Trinajstić information content (AvgIpc) is 2.79. The zero-order valence-corrected chi connectivity index (χ0v) is 17.0. The van der Waals surface area contributed by atoms with Crippen LogP contribution in [-0.4, -0.2) is 49.1 Å². The van der Waals surface area contributed by atoms with Crippen molar-refractivity contribution in [2.24, 2.45) is 0 Å². The molecule has 2 heterocycles. The van der Waals surface area contributed by atoms with Crippen molar-refractivity contribution >= 4 is 22.6 Å². The van der Waals surface area contributed by atoms with Crippen molar-refractivity contribution < 1.29 is 9.53 Å². The van der Waals surface area contributed by atoms with Crippen molar-refractivity contribution in [3.05, 3.63) is 71.9 Å². The lowest BCUT2D eigenvalue weighted by atomic mass is 10.0. The van der Waals surface area contributed by atoms with Gasteiger partial charge in [0.05, 0.1) is 23.0 Å². The number of nitriles is 1. The minimum Gasteiger partial charge on any atom is -0.460 e. The van der Waals surface area contributed by atoms with Gasteiger partial charge in [0.1, 0.15) is 6.61 Å². The Kier molecular flexibility index (Phi) is 5.92. The standard InChI is InChI=1S/C24H24N4O2/c1-27-11-13-28(14-12-27)22-15-19-9-5-6-10-21(19)26-23(22)20(16-25)24(29)30-17-18-7-3-2-4-8-18/h2-10,15,20H,11-14,17H2,1H3. The molecule has 1 fully saturated rings. The van der Waals surface area contributed by atoms with Crippen LogP contribution in [0.25, 0.3) is 10.9 Å². The number of carbonyl (C=O) groups excluding carboxylic acids is 1. The Morgan fingerprint density at radius 2 is 1.80 bits per heavy atom. The molecule has 0 spiro atoms. The van der Waals surface area contributed by atoms with Crippen molar-refractivity contribution in [1.29, 1.82) is 5.26 Å². The maximum absolute atomic E-state index is 12.9. The number of carbonyl (C=O) groups is 1. The average molecular weight is 400 g/mol. The molecule has 0 saturated carbocycles. The predicted octanol–water partition coefficient (Wildman–Crippen LogP) is 3.34. The zero-order chi connectivity index (χ0) is 20.9. The van der Waals surface area contributed by atoms with Crippen LogP contribution < -0.4 is 4.90 Å². The molecule has 6 heteroatoms. The van der Waals surface area contributed by atoms with E-state index in [0.717, 1.165) is 48.3 Å². The van der Waals surface area contributed by atoms with Crippen molar-refractivity contribution in [2.75, 3.05) is 38.1 Å². The first-order chi connectivity index (χ1) is 14.7. The van der Waals surface area contributed by atoms with Crippen molar-refractivity contribution in [3.63, 3.8) is 0 Å². The Hall–Kier alpha value is -3.43. The van der Waals surface area contributed by atoms with E-state index in [1.54, 1.807) is 0 Å². The van der Waals surface area contributed by atoms with E-state index in [1.165, 1.54) is 0 Å². The van der Waals surface area contributed by atoms with Crippen LogP contribution in [0.15, 0.2) is 60.7 Å². The Morgan fingerprint density at radius 1 is 1.10 bits per heavy atom. The molecule has 0 amide bonds. The van der Waals surface area contributed by atoms with Crippen molar-refractivity contribution in [1.82, 2.24) is 9.88 Å². The molecule has 30 heavy (non-hydrogen) atoms. The molecule has 0 aliphatic carbocycles. The molecule has 2 aromatic carbocycles. The number of ether oxygens (including phenoxy) is 1. The summed E-state index contributed by atoms with van der Waals surface area (Å²) in [5, 5.41) is 10.9. The van der Waals surface area contributed by atoms with E-state index in [9.17, 15) is 10.1 Å². The first kappa shape index (κ1) is 19.9. The van der Waals surface area contributed by atoms with E-state index in [1.807, 2.05) is 60.7 Å². The monoisotopic (exact) mass is 400 g/mol. The third-order valence-corrected chi connectivity index (χ3v) is 5.44. The fourth-order valence-corrected chi connectivity index (χ4v) is 3.67. The SMILES string of the molecule is CN1CCN(c2cc3ccccc3nc2C(C#N)C(=O)OCc2ccccc2)CC1. The number of pyridine rings is 1. The number of anilines is 1. The third kappa shape index (κ3) is 4.27. The van der Waals surface area contributed by atoms with E-state index in [0.29, 0.717) is 5.69 Å². The van der Waals surface area contributed by atoms with E-state index in [4.69, 9.17) is 9.72 Å². The smallest absolute Gasteiger partial charge is 0.329 e. The number of aromatic nitrogens is 1. The number of likely N-dealkylation sites (N-methyl/N-ethyl adjacent to an activating group) is 1. The van der Waals surface area contributed by atoms with Gasteiger partial charge in [-0.05, 0) is 24.7 Å². The highest BCUT2D eigenvalue weighted by atomic mass is 16.5. The van der Waals surface area contributed by atoms with Crippen molar-refractivity contribution in [3.8, 4) is 6.07 Å². The lowest BCUT2D eigenvalue weighted by Crippen LogP contribution is -2.45. The van der Waals surface area contributed by atoms with Crippen LogP contribution in [0.1, 0.15) is 17.2 Å². The fraction of sp³-hybridized carbons (Fsp3) is 0.292. The van der Waals surface area contributed by atoms with Gasteiger partial charge in [-0.15, -0.1) is 0 Å². The van der Waals surface area contributed by atoms with Gasteiger partial charge in [-0.1, -0.05) is 48.5 Å². The van der Waals surface area contributed by atoms with Crippen molar-refractivity contribution in [2.45, 2.75) is 12.5 Å². The number of hydrogen-bond donors (Lipinski definition) is 0. The highest BCUT2D eigenvalue weighted by Gasteiger charge is 2.29. The second-order valence-corrected chi connectivity index (χ2v) is 7.53. The topological polar surface area (TPSA) is 69.5 Å². The van der Waals surface area contributed by atoms with Gasteiger partial charge < -0.3 is 14.5 Å². The van der Waals surface area contributed by atoms with Gasteiger partial charge >= 0.3 is 5.97 Å². The van der Waals surface area contributed by atoms with E-state index in [2.05, 4.69) is 22.9 Å². The molecule has 1 saturated heterocycles. The second-order valence-electron chi connectivity index (χ2n) is 7.53. The summed E-state index contributed by atoms with van der Waals surface area (Å²) in [6, 6.07) is 21.4. The predicted molar refractivity (Wildman–Crippen MR) is 116 cm³/mol. The van der Waals surface area contributed by atoms with Crippen LogP contribution in [0, 0.1) is 11.3 Å². The van der Waals surface area contributed by atoms with Gasteiger partial charge in [0.2, 0.25) is 0 Å². The maximum atomic E-state index is 12.9. The van der Waals surface area contributed by atoms with Crippen LogP contribution in [0.5, 0.6) is 0 Å². The highest BCUT2D eigenvalue weighted by Crippen LogP contribution is 2.31. The molecule has 1 unspecified atom stereocenters. The largest absolute Gasteiger partial charge is 0.460 e. The number of esters is 1. The Morgan fingerprint density at radius 3 is 2.53 bits per heavy atom. The summed E-state index contributed by atoms with van der Waals surface area (Å²) in [4.78, 5) is 22.1. The number of nitrogens with zero attached hydrogens (tertiary/aromatic N) is 4. The van der Waals surface area contributed by atoms with Crippen LogP contribution in [0.4, 0.5) is 5.69 Å². The molecule has 0 radical (unpaired) electrons. The summed E-state index contributed by atoms with van der Waals surface area (Å²) in [5.41, 5.74) is 2.96. The van der Waals surface area contributed by atoms with Crippen LogP contribution >= 0.6 is 0 Å². The lowest BCUT2D eigenvalue weighted by Gasteiger charge is -2.35. The normalized spacial score (nSPS) is 15.5. The summed E-state index contributed by atoms with van der Waals surface area (Å²) < 4.78 is 5.48. The molecule has 152 valence electrons. The summed E-state index contributed by atoms with van der Waals surface area (Å²) in [5.74, 6) is -1.65. The molecule has 4 rings (SSSR count). The van der Waals surface area contributed by atoms with Gasteiger partial charge in [0.25, 0.3) is 0 Å². The fourth-order valence-electron chi connectivity index (χ4n) is 3.67. The van der Waals surface area contributed by atoms with Crippen LogP contribution in [0.3, 0.4) is 0 Å². The summed E-state index contributed by atoms with van der Waals surface area (Å²) in [6.45, 7) is 3.61. The zero-order valence-electron chi connectivity index (χ0n) is 17.0. The summed E-state index contributed by atoms with van der Waals surface area (Å²) >= 11 is 0. The molecule has 0 bridgehead atoms. The molecular formula is C24H24N4O2. The molecule has 3 aromatic rings. The summed E-state index contributed by atoms with van der Waals surface area (Å²) in [7, 11) is 2.09. The third-order valence-electron chi connectivity index (χ3n) is 5.44. The van der Waals surface area contributed by atoms with Gasteiger partial charge in [0, 0.05) is 31.6 Å². The van der Waals surface area contributed by atoms with E-state index >= 15 is 0 Å². The van der Waals surface area contributed by atoms with E-state index < -0.39 is 11.9 Å². The number of rotatable bonds is 5. The Bertz CT molecular complexity index is 1070. The van der Waals surface area contributed by atoms with E-state index in [-0.39, 0.29) is 6.61 Å². The Labute approximate surface area is 176 Å². The van der Waals surface area contributed by atoms with Gasteiger partial charge in [-0.25, -0.2) is 4.98 Å². The van der Waals surface area contributed by atoms with Crippen LogP contribution in [0.2, 0.25) is 0 Å². The quantitative estimate of drug-likeness (QED) is 0.612. The number of fused-ring (bicyclic) bond motifs is 1.